The highest BCUT2D eigenvalue weighted by Crippen LogP contribution is 2.14. The summed E-state index contributed by atoms with van der Waals surface area (Å²) in [6.45, 7) is 5.85. The average molecular weight is 309 g/mol. The summed E-state index contributed by atoms with van der Waals surface area (Å²) < 4.78 is 4.63. The molecule has 0 aliphatic heterocycles. The maximum absolute atomic E-state index is 12.2. The van der Waals surface area contributed by atoms with E-state index in [1.165, 1.54) is 18.2 Å². The van der Waals surface area contributed by atoms with Crippen molar-refractivity contribution in [1.29, 1.82) is 0 Å². The van der Waals surface area contributed by atoms with Crippen molar-refractivity contribution in [3.05, 3.63) is 35.4 Å². The van der Waals surface area contributed by atoms with Crippen LogP contribution in [0.3, 0.4) is 0 Å². The Bertz CT molecular complexity index is 471. The van der Waals surface area contributed by atoms with Crippen LogP contribution in [0.25, 0.3) is 0 Å². The molecule has 1 amide bonds. The number of hydrogen-bond donors (Lipinski definition) is 0. The fourth-order valence-electron chi connectivity index (χ4n) is 1.79. The van der Waals surface area contributed by atoms with Crippen LogP contribution in [0.2, 0.25) is 0 Å². The van der Waals surface area contributed by atoms with Gasteiger partial charge >= 0.3 is 5.97 Å². The maximum Gasteiger partial charge on any atom is 0.325 e. The molecule has 0 heterocycles. The first-order valence-electron chi connectivity index (χ1n) is 6.93. The Hall–Kier alpha value is -1.49. The first kappa shape index (κ1) is 17.6. The van der Waals surface area contributed by atoms with Gasteiger partial charge in [0, 0.05) is 11.8 Å². The SMILES string of the molecule is COC(=O)CN(C(=O)CSCc1ccc(C)cc1)C(C)C. The summed E-state index contributed by atoms with van der Waals surface area (Å²) in [6, 6.07) is 8.25. The van der Waals surface area contributed by atoms with Crippen LogP contribution < -0.4 is 0 Å². The average Bonchev–Trinajstić information content (AvgIpc) is 2.46. The van der Waals surface area contributed by atoms with Gasteiger partial charge in [0.25, 0.3) is 0 Å². The van der Waals surface area contributed by atoms with Crippen molar-refractivity contribution in [3.8, 4) is 0 Å². The zero-order chi connectivity index (χ0) is 15.8. The number of aryl methyl sites for hydroxylation is 1. The van der Waals surface area contributed by atoms with Gasteiger partial charge in [0.2, 0.25) is 5.91 Å². The molecule has 0 aliphatic carbocycles. The van der Waals surface area contributed by atoms with Gasteiger partial charge in [-0.2, -0.15) is 0 Å². The number of nitrogens with zero attached hydrogens (tertiary/aromatic N) is 1. The van der Waals surface area contributed by atoms with Crippen molar-refractivity contribution < 1.29 is 14.3 Å². The van der Waals surface area contributed by atoms with Crippen LogP contribution in [0, 0.1) is 6.92 Å². The summed E-state index contributed by atoms with van der Waals surface area (Å²) in [5.41, 5.74) is 2.42. The predicted molar refractivity (Wildman–Crippen MR) is 86.2 cm³/mol. The third-order valence-electron chi connectivity index (χ3n) is 3.09. The number of methoxy groups -OCH3 is 1. The lowest BCUT2D eigenvalue weighted by atomic mass is 10.2. The van der Waals surface area contributed by atoms with Crippen LogP contribution in [0.4, 0.5) is 0 Å². The Kier molecular flexibility index (Phi) is 7.29. The zero-order valence-electron chi connectivity index (χ0n) is 13.1. The molecule has 4 nitrogen and oxygen atoms in total. The van der Waals surface area contributed by atoms with E-state index in [1.807, 2.05) is 20.8 Å². The van der Waals surface area contributed by atoms with E-state index in [0.29, 0.717) is 5.75 Å². The zero-order valence-corrected chi connectivity index (χ0v) is 13.9. The molecule has 21 heavy (non-hydrogen) atoms. The molecule has 0 fully saturated rings. The molecule has 0 unspecified atom stereocenters. The van der Waals surface area contributed by atoms with Crippen molar-refractivity contribution >= 4 is 23.6 Å². The van der Waals surface area contributed by atoms with Gasteiger partial charge in [0.15, 0.2) is 0 Å². The second-order valence-corrected chi connectivity index (χ2v) is 6.16. The Morgan fingerprint density at radius 1 is 1.24 bits per heavy atom. The minimum Gasteiger partial charge on any atom is -0.468 e. The molecule has 0 atom stereocenters. The predicted octanol–water partition coefficient (Wildman–Crippen LogP) is 2.64. The lowest BCUT2D eigenvalue weighted by molar-refractivity contribution is -0.147. The highest BCUT2D eigenvalue weighted by atomic mass is 32.2. The van der Waals surface area contributed by atoms with Crippen molar-refractivity contribution in [2.75, 3.05) is 19.4 Å². The summed E-state index contributed by atoms with van der Waals surface area (Å²) in [7, 11) is 1.33. The third kappa shape index (κ3) is 6.21. The number of amides is 1. The van der Waals surface area contributed by atoms with Gasteiger partial charge < -0.3 is 9.64 Å². The van der Waals surface area contributed by atoms with E-state index in [9.17, 15) is 9.59 Å². The Balaban J connectivity index is 2.46. The van der Waals surface area contributed by atoms with Crippen molar-refractivity contribution in [2.45, 2.75) is 32.6 Å². The van der Waals surface area contributed by atoms with Gasteiger partial charge in [0.1, 0.15) is 6.54 Å². The second-order valence-electron chi connectivity index (χ2n) is 5.17. The second kappa shape index (κ2) is 8.72. The summed E-state index contributed by atoms with van der Waals surface area (Å²) in [5.74, 6) is 0.729. The molecule has 1 aromatic carbocycles. The molecule has 0 N–H and O–H groups in total. The number of carbonyl (C=O) groups excluding carboxylic acids is 2. The molecule has 5 heteroatoms. The van der Waals surface area contributed by atoms with Crippen LogP contribution >= 0.6 is 11.8 Å². The molecule has 0 bridgehead atoms. The van der Waals surface area contributed by atoms with Crippen molar-refractivity contribution in [2.24, 2.45) is 0 Å². The van der Waals surface area contributed by atoms with Crippen LogP contribution in [-0.2, 0) is 20.1 Å². The van der Waals surface area contributed by atoms with Gasteiger partial charge in [0.05, 0.1) is 12.9 Å². The van der Waals surface area contributed by atoms with Crippen LogP contribution in [0.5, 0.6) is 0 Å². The maximum atomic E-state index is 12.2. The molecule has 1 aromatic rings. The smallest absolute Gasteiger partial charge is 0.325 e. The summed E-state index contributed by atoms with van der Waals surface area (Å²) in [5, 5.41) is 0. The minimum atomic E-state index is -0.388. The molecule has 0 aliphatic rings. The van der Waals surface area contributed by atoms with Crippen molar-refractivity contribution in [1.82, 2.24) is 4.90 Å². The fourth-order valence-corrected chi connectivity index (χ4v) is 2.66. The molecule has 0 saturated carbocycles. The molecule has 0 radical (unpaired) electrons. The Labute approximate surface area is 130 Å². The van der Waals surface area contributed by atoms with Gasteiger partial charge in [-0.3, -0.25) is 9.59 Å². The van der Waals surface area contributed by atoms with Crippen LogP contribution in [-0.4, -0.2) is 42.2 Å². The lowest BCUT2D eigenvalue weighted by Crippen LogP contribution is -2.42. The number of hydrogen-bond acceptors (Lipinski definition) is 4. The van der Waals surface area contributed by atoms with E-state index in [2.05, 4.69) is 29.0 Å². The molecule has 116 valence electrons. The minimum absolute atomic E-state index is 0.0120. The normalized spacial score (nSPS) is 10.5. The number of ether oxygens (including phenoxy) is 1. The summed E-state index contributed by atoms with van der Waals surface area (Å²) >= 11 is 1.56. The Morgan fingerprint density at radius 2 is 1.86 bits per heavy atom. The number of thioether (sulfide) groups is 1. The first-order chi connectivity index (χ1) is 9.93. The quantitative estimate of drug-likeness (QED) is 0.727. The van der Waals surface area contributed by atoms with Gasteiger partial charge in [-0.1, -0.05) is 29.8 Å². The van der Waals surface area contributed by atoms with Crippen LogP contribution in [0.1, 0.15) is 25.0 Å². The van der Waals surface area contributed by atoms with E-state index in [-0.39, 0.29) is 24.5 Å². The molecule has 1 rings (SSSR count). The highest BCUT2D eigenvalue weighted by Gasteiger charge is 2.20. The van der Waals surface area contributed by atoms with E-state index in [1.54, 1.807) is 16.7 Å². The molecular formula is C16H23NO3S. The highest BCUT2D eigenvalue weighted by molar-refractivity contribution is 7.99. The number of rotatable bonds is 7. The number of esters is 1. The molecule has 0 saturated heterocycles. The largest absolute Gasteiger partial charge is 0.468 e. The van der Waals surface area contributed by atoms with Crippen molar-refractivity contribution in [3.63, 3.8) is 0 Å². The fraction of sp³-hybridized carbons (Fsp3) is 0.500. The lowest BCUT2D eigenvalue weighted by Gasteiger charge is -2.25. The van der Waals surface area contributed by atoms with Gasteiger partial charge in [-0.25, -0.2) is 0 Å². The molecular weight excluding hydrogens is 286 g/mol. The third-order valence-corrected chi connectivity index (χ3v) is 4.07. The van der Waals surface area contributed by atoms with E-state index < -0.39 is 0 Å². The molecule has 0 aromatic heterocycles. The van der Waals surface area contributed by atoms with E-state index in [4.69, 9.17) is 0 Å². The standard InChI is InChI=1S/C16H23NO3S/c1-12(2)17(9-16(19)20-4)15(18)11-21-10-14-7-5-13(3)6-8-14/h5-8,12H,9-11H2,1-4H3. The van der Waals surface area contributed by atoms with Gasteiger partial charge in [-0.15, -0.1) is 11.8 Å². The summed E-state index contributed by atoms with van der Waals surface area (Å²) in [4.78, 5) is 25.1. The van der Waals surface area contributed by atoms with Gasteiger partial charge in [-0.05, 0) is 26.3 Å². The van der Waals surface area contributed by atoms with E-state index in [0.717, 1.165) is 5.75 Å². The summed E-state index contributed by atoms with van der Waals surface area (Å²) in [6.07, 6.45) is 0. The first-order valence-corrected chi connectivity index (χ1v) is 8.09. The Morgan fingerprint density at radius 3 is 2.38 bits per heavy atom. The number of benzene rings is 1. The topological polar surface area (TPSA) is 46.6 Å². The molecule has 0 spiro atoms. The monoisotopic (exact) mass is 309 g/mol. The number of carbonyl (C=O) groups is 2. The van der Waals surface area contributed by atoms with Crippen LogP contribution in [0.15, 0.2) is 24.3 Å². The van der Waals surface area contributed by atoms with E-state index >= 15 is 0 Å².